The molecule has 1 saturated heterocycles. The zero-order valence-corrected chi connectivity index (χ0v) is 19.5. The van der Waals surface area contributed by atoms with Gasteiger partial charge in [-0.25, -0.2) is 0 Å². The Hall–Kier alpha value is -3.58. The molecule has 1 amide bonds. The normalized spacial score (nSPS) is 15.0. The van der Waals surface area contributed by atoms with Crippen molar-refractivity contribution in [1.29, 1.82) is 0 Å². The number of carbonyl (C=O) groups is 1. The number of benzene rings is 2. The lowest BCUT2D eigenvalue weighted by Crippen LogP contribution is -2.36. The number of hydrogen-bond acceptors (Lipinski definition) is 6. The number of aryl methyl sites for hydroxylation is 2. The zero-order valence-electron chi connectivity index (χ0n) is 19.5. The van der Waals surface area contributed by atoms with E-state index in [0.717, 1.165) is 59.5 Å². The van der Waals surface area contributed by atoms with Crippen LogP contribution in [-0.4, -0.2) is 35.6 Å². The summed E-state index contributed by atoms with van der Waals surface area (Å²) in [7, 11) is 0. The van der Waals surface area contributed by atoms with Crippen LogP contribution >= 0.6 is 0 Å². The van der Waals surface area contributed by atoms with Crippen molar-refractivity contribution in [1.82, 2.24) is 15.4 Å². The Labute approximate surface area is 198 Å². The molecule has 0 bridgehead atoms. The predicted molar refractivity (Wildman–Crippen MR) is 129 cm³/mol. The van der Waals surface area contributed by atoms with E-state index in [1.807, 2.05) is 62.4 Å². The maximum atomic E-state index is 13.4. The van der Waals surface area contributed by atoms with Gasteiger partial charge in [0.1, 0.15) is 23.9 Å². The number of carbonyl (C=O) groups excluding carboxylic acids is 1. The van der Waals surface area contributed by atoms with Gasteiger partial charge in [0.05, 0.1) is 29.1 Å². The minimum Gasteiger partial charge on any atom is -0.488 e. The van der Waals surface area contributed by atoms with Gasteiger partial charge in [-0.3, -0.25) is 9.69 Å². The standard InChI is InChI=1S/C27H29N3O4/c1-18-23(19(2)34-29-18)17-33-26-15-21-9-4-3-8-20(21)14-22(26)27(31)28-16-24(25-10-7-13-32-25)30-11-5-6-12-30/h3-4,7-10,13-15,24H,5-6,11-12,16-17H2,1-2H3,(H,28,31)/t24-/m0/s1. The van der Waals surface area contributed by atoms with Gasteiger partial charge in [0.25, 0.3) is 5.91 Å². The van der Waals surface area contributed by atoms with Crippen molar-refractivity contribution >= 4 is 16.7 Å². The number of rotatable bonds is 8. The third-order valence-electron chi connectivity index (χ3n) is 6.55. The van der Waals surface area contributed by atoms with Gasteiger partial charge in [0.15, 0.2) is 0 Å². The van der Waals surface area contributed by atoms with E-state index in [1.54, 1.807) is 6.26 Å². The maximum absolute atomic E-state index is 13.4. The summed E-state index contributed by atoms with van der Waals surface area (Å²) in [6, 6.07) is 15.7. The molecule has 1 aliphatic heterocycles. The summed E-state index contributed by atoms with van der Waals surface area (Å²) in [5, 5.41) is 9.13. The van der Waals surface area contributed by atoms with Crippen LogP contribution in [0.25, 0.3) is 10.8 Å². The molecule has 0 spiro atoms. The fourth-order valence-corrected chi connectivity index (χ4v) is 4.60. The number of nitrogens with zero attached hydrogens (tertiary/aromatic N) is 2. The Kier molecular flexibility index (Phi) is 6.36. The molecule has 1 N–H and O–H groups in total. The molecule has 4 aromatic rings. The molecule has 7 nitrogen and oxygen atoms in total. The van der Waals surface area contributed by atoms with E-state index in [9.17, 15) is 4.79 Å². The minimum absolute atomic E-state index is 0.00794. The number of hydrogen-bond donors (Lipinski definition) is 1. The summed E-state index contributed by atoms with van der Waals surface area (Å²) in [5.41, 5.74) is 2.19. The first-order valence-electron chi connectivity index (χ1n) is 11.7. The van der Waals surface area contributed by atoms with Crippen molar-refractivity contribution in [2.24, 2.45) is 0 Å². The van der Waals surface area contributed by atoms with Crippen LogP contribution in [0.4, 0.5) is 0 Å². The van der Waals surface area contributed by atoms with Crippen molar-refractivity contribution in [2.45, 2.75) is 39.3 Å². The summed E-state index contributed by atoms with van der Waals surface area (Å²) < 4.78 is 17.1. The van der Waals surface area contributed by atoms with E-state index in [0.29, 0.717) is 17.9 Å². The van der Waals surface area contributed by atoms with Crippen LogP contribution in [0.1, 0.15) is 52.0 Å². The Morgan fingerprint density at radius 2 is 1.88 bits per heavy atom. The third kappa shape index (κ3) is 4.56. The average Bonchev–Trinajstić information content (AvgIpc) is 3.62. The molecule has 2 aromatic heterocycles. The molecular formula is C27H29N3O4. The fourth-order valence-electron chi connectivity index (χ4n) is 4.60. The Balaban J connectivity index is 1.39. The SMILES string of the molecule is Cc1noc(C)c1COc1cc2ccccc2cc1C(=O)NC[C@@H](c1ccco1)N1CCCC1. The highest BCUT2D eigenvalue weighted by molar-refractivity contribution is 6.01. The smallest absolute Gasteiger partial charge is 0.255 e. The van der Waals surface area contributed by atoms with Crippen LogP contribution < -0.4 is 10.1 Å². The van der Waals surface area contributed by atoms with Crippen LogP contribution in [0.5, 0.6) is 5.75 Å². The van der Waals surface area contributed by atoms with E-state index in [2.05, 4.69) is 15.4 Å². The molecule has 3 heterocycles. The first kappa shape index (κ1) is 22.2. The van der Waals surface area contributed by atoms with Crippen LogP contribution in [0.15, 0.2) is 63.7 Å². The summed E-state index contributed by atoms with van der Waals surface area (Å²) >= 11 is 0. The molecule has 176 valence electrons. The second-order valence-electron chi connectivity index (χ2n) is 8.77. The highest BCUT2D eigenvalue weighted by Gasteiger charge is 2.26. The van der Waals surface area contributed by atoms with E-state index in [1.165, 1.54) is 0 Å². The summed E-state index contributed by atoms with van der Waals surface area (Å²) in [6.07, 6.45) is 4.01. The highest BCUT2D eigenvalue weighted by atomic mass is 16.5. The zero-order chi connectivity index (χ0) is 23.5. The lowest BCUT2D eigenvalue weighted by atomic mass is 10.0. The highest BCUT2D eigenvalue weighted by Crippen LogP contribution is 2.29. The maximum Gasteiger partial charge on any atom is 0.255 e. The van der Waals surface area contributed by atoms with Crippen molar-refractivity contribution in [3.63, 3.8) is 0 Å². The molecule has 5 rings (SSSR count). The lowest BCUT2D eigenvalue weighted by Gasteiger charge is -2.26. The van der Waals surface area contributed by atoms with Gasteiger partial charge in [-0.15, -0.1) is 0 Å². The molecule has 0 unspecified atom stereocenters. The van der Waals surface area contributed by atoms with Crippen LogP contribution in [0, 0.1) is 13.8 Å². The molecule has 1 atom stereocenters. The molecule has 0 saturated carbocycles. The van der Waals surface area contributed by atoms with Gasteiger partial charge < -0.3 is 19.0 Å². The number of amides is 1. The van der Waals surface area contributed by atoms with Gasteiger partial charge in [-0.05, 0) is 74.8 Å². The van der Waals surface area contributed by atoms with E-state index in [-0.39, 0.29) is 18.6 Å². The molecule has 0 aliphatic carbocycles. The number of nitrogens with one attached hydrogen (secondary N) is 1. The molecule has 34 heavy (non-hydrogen) atoms. The van der Waals surface area contributed by atoms with Gasteiger partial charge in [-0.1, -0.05) is 29.4 Å². The van der Waals surface area contributed by atoms with Crippen LogP contribution in [-0.2, 0) is 6.61 Å². The minimum atomic E-state index is -0.171. The Morgan fingerprint density at radius 3 is 2.56 bits per heavy atom. The third-order valence-corrected chi connectivity index (χ3v) is 6.55. The molecule has 1 fully saturated rings. The number of fused-ring (bicyclic) bond motifs is 1. The second-order valence-corrected chi connectivity index (χ2v) is 8.77. The van der Waals surface area contributed by atoms with Crippen LogP contribution in [0.2, 0.25) is 0 Å². The van der Waals surface area contributed by atoms with Gasteiger partial charge >= 0.3 is 0 Å². The van der Waals surface area contributed by atoms with Crippen molar-refractivity contribution in [2.75, 3.05) is 19.6 Å². The summed E-state index contributed by atoms with van der Waals surface area (Å²) in [6.45, 7) is 6.49. The van der Waals surface area contributed by atoms with E-state index >= 15 is 0 Å². The van der Waals surface area contributed by atoms with E-state index < -0.39 is 0 Å². The Morgan fingerprint density at radius 1 is 1.12 bits per heavy atom. The molecule has 7 heteroatoms. The number of ether oxygens (including phenoxy) is 1. The second kappa shape index (κ2) is 9.73. The number of furan rings is 1. The van der Waals surface area contributed by atoms with Crippen molar-refractivity contribution in [3.8, 4) is 5.75 Å². The van der Waals surface area contributed by atoms with Gasteiger partial charge in [-0.2, -0.15) is 0 Å². The average molecular weight is 460 g/mol. The van der Waals surface area contributed by atoms with Crippen molar-refractivity contribution < 1.29 is 18.5 Å². The molecule has 2 aromatic carbocycles. The molecular weight excluding hydrogens is 430 g/mol. The van der Waals surface area contributed by atoms with Crippen LogP contribution in [0.3, 0.4) is 0 Å². The number of aromatic nitrogens is 1. The topological polar surface area (TPSA) is 80.7 Å². The quantitative estimate of drug-likeness (QED) is 0.391. The summed E-state index contributed by atoms with van der Waals surface area (Å²) in [5.74, 6) is 1.95. The molecule has 1 aliphatic rings. The largest absolute Gasteiger partial charge is 0.488 e. The van der Waals surface area contributed by atoms with Crippen molar-refractivity contribution in [3.05, 3.63) is 83.1 Å². The Bertz CT molecular complexity index is 1250. The number of likely N-dealkylation sites (tertiary alicyclic amines) is 1. The predicted octanol–water partition coefficient (Wildman–Crippen LogP) is 5.18. The first-order chi connectivity index (χ1) is 16.6. The summed E-state index contributed by atoms with van der Waals surface area (Å²) in [4.78, 5) is 15.8. The van der Waals surface area contributed by atoms with Gasteiger partial charge in [0.2, 0.25) is 0 Å². The lowest BCUT2D eigenvalue weighted by molar-refractivity contribution is 0.0929. The molecule has 0 radical (unpaired) electrons. The fraction of sp³-hybridized carbons (Fsp3) is 0.333. The monoisotopic (exact) mass is 459 g/mol. The van der Waals surface area contributed by atoms with Gasteiger partial charge in [0, 0.05) is 6.54 Å². The first-order valence-corrected chi connectivity index (χ1v) is 11.7. The van der Waals surface area contributed by atoms with E-state index in [4.69, 9.17) is 13.7 Å².